The summed E-state index contributed by atoms with van der Waals surface area (Å²) < 4.78 is 1.46. The van der Waals surface area contributed by atoms with Crippen molar-refractivity contribution in [3.05, 3.63) is 46.5 Å². The number of hydrogen-bond donors (Lipinski definition) is 2. The van der Waals surface area contributed by atoms with E-state index in [-0.39, 0.29) is 12.0 Å². The minimum absolute atomic E-state index is 0.0482. The van der Waals surface area contributed by atoms with Crippen molar-refractivity contribution < 1.29 is 9.90 Å². The van der Waals surface area contributed by atoms with E-state index in [9.17, 15) is 9.59 Å². The molecule has 0 aromatic carbocycles. The van der Waals surface area contributed by atoms with Gasteiger partial charge in [-0.3, -0.25) is 14.0 Å². The molecule has 2 rings (SSSR count). The summed E-state index contributed by atoms with van der Waals surface area (Å²) in [6.07, 6.45) is 1.71. The summed E-state index contributed by atoms with van der Waals surface area (Å²) in [5.74, 6) is -0.853. The number of rotatable bonds is 5. The Morgan fingerprint density at radius 1 is 1.44 bits per heavy atom. The second-order valence-corrected chi connectivity index (χ2v) is 3.84. The van der Waals surface area contributed by atoms with Crippen LogP contribution in [-0.2, 0) is 11.3 Å². The highest BCUT2D eigenvalue weighted by molar-refractivity contribution is 5.66. The van der Waals surface area contributed by atoms with Crippen molar-refractivity contribution >= 4 is 11.6 Å². The van der Waals surface area contributed by atoms with Gasteiger partial charge >= 0.3 is 5.97 Å². The lowest BCUT2D eigenvalue weighted by Crippen LogP contribution is -2.21. The van der Waals surface area contributed by atoms with E-state index in [1.165, 1.54) is 10.5 Å². The molecule has 94 valence electrons. The van der Waals surface area contributed by atoms with Gasteiger partial charge in [-0.1, -0.05) is 6.07 Å². The summed E-state index contributed by atoms with van der Waals surface area (Å²) >= 11 is 0. The molecule has 2 aromatic heterocycles. The van der Waals surface area contributed by atoms with Crippen LogP contribution in [0.15, 0.2) is 35.3 Å². The highest BCUT2D eigenvalue weighted by Gasteiger charge is 2.02. The summed E-state index contributed by atoms with van der Waals surface area (Å²) in [6.45, 7) is 0.735. The lowest BCUT2D eigenvalue weighted by Gasteiger charge is -2.04. The van der Waals surface area contributed by atoms with E-state index in [0.717, 1.165) is 0 Å². The summed E-state index contributed by atoms with van der Waals surface area (Å²) in [4.78, 5) is 26.4. The molecule has 0 unspecified atom stereocenters. The van der Waals surface area contributed by atoms with Gasteiger partial charge in [0.05, 0.1) is 12.1 Å². The topological polar surface area (TPSA) is 83.7 Å². The van der Waals surface area contributed by atoms with Gasteiger partial charge in [0, 0.05) is 25.4 Å². The minimum Gasteiger partial charge on any atom is -0.481 e. The summed E-state index contributed by atoms with van der Waals surface area (Å²) in [5.41, 5.74) is 1.05. The average Bonchev–Trinajstić information content (AvgIpc) is 2.35. The van der Waals surface area contributed by atoms with Crippen molar-refractivity contribution in [1.82, 2.24) is 14.7 Å². The van der Waals surface area contributed by atoms with Crippen molar-refractivity contribution in [3.63, 3.8) is 0 Å². The number of fused-ring (bicyclic) bond motifs is 1. The van der Waals surface area contributed by atoms with Crippen molar-refractivity contribution in [2.45, 2.75) is 13.0 Å². The first-order chi connectivity index (χ1) is 8.66. The zero-order chi connectivity index (χ0) is 13.0. The Bertz CT molecular complexity index is 621. The molecule has 18 heavy (non-hydrogen) atoms. The number of hydrogen-bond acceptors (Lipinski definition) is 4. The smallest absolute Gasteiger partial charge is 0.304 e. The molecule has 6 nitrogen and oxygen atoms in total. The predicted molar refractivity (Wildman–Crippen MR) is 65.4 cm³/mol. The van der Waals surface area contributed by atoms with E-state index in [1.54, 1.807) is 18.3 Å². The molecule has 0 aliphatic rings. The lowest BCUT2D eigenvalue weighted by molar-refractivity contribution is -0.136. The number of nitrogens with one attached hydrogen (secondary N) is 1. The quantitative estimate of drug-likeness (QED) is 0.740. The maximum atomic E-state index is 11.7. The summed E-state index contributed by atoms with van der Waals surface area (Å²) in [5, 5.41) is 11.4. The van der Waals surface area contributed by atoms with E-state index in [4.69, 9.17) is 5.11 Å². The second kappa shape index (κ2) is 5.42. The molecule has 2 N–H and O–H groups in total. The number of aromatic nitrogens is 2. The molecule has 2 heterocycles. The molecule has 2 aromatic rings. The van der Waals surface area contributed by atoms with Crippen LogP contribution in [0.1, 0.15) is 12.1 Å². The minimum atomic E-state index is -0.853. The first-order valence-corrected chi connectivity index (χ1v) is 5.56. The number of pyridine rings is 1. The first-order valence-electron chi connectivity index (χ1n) is 5.56. The van der Waals surface area contributed by atoms with Crippen LogP contribution < -0.4 is 10.9 Å². The van der Waals surface area contributed by atoms with Crippen molar-refractivity contribution in [3.8, 4) is 0 Å². The van der Waals surface area contributed by atoms with E-state index >= 15 is 0 Å². The summed E-state index contributed by atoms with van der Waals surface area (Å²) in [6, 6.07) is 6.77. The molecular weight excluding hydrogens is 234 g/mol. The predicted octanol–water partition coefficient (Wildman–Crippen LogP) is 0.259. The van der Waals surface area contributed by atoms with Gasteiger partial charge in [-0.15, -0.1) is 0 Å². The molecule has 0 aliphatic heterocycles. The van der Waals surface area contributed by atoms with E-state index in [2.05, 4.69) is 10.3 Å². The van der Waals surface area contributed by atoms with Crippen LogP contribution in [-0.4, -0.2) is 27.0 Å². The third kappa shape index (κ3) is 2.92. The average molecular weight is 247 g/mol. The third-order valence-corrected chi connectivity index (χ3v) is 2.45. The third-order valence-electron chi connectivity index (χ3n) is 2.45. The Kier molecular flexibility index (Phi) is 3.69. The van der Waals surface area contributed by atoms with Gasteiger partial charge in [0.25, 0.3) is 5.56 Å². The Morgan fingerprint density at radius 3 is 3.06 bits per heavy atom. The molecule has 0 amide bonds. The molecule has 0 spiro atoms. The van der Waals surface area contributed by atoms with Gasteiger partial charge in [0.1, 0.15) is 5.65 Å². The molecule has 6 heteroatoms. The van der Waals surface area contributed by atoms with Gasteiger partial charge in [0.2, 0.25) is 0 Å². The molecule has 0 aliphatic carbocycles. The zero-order valence-corrected chi connectivity index (χ0v) is 9.67. The Hall–Kier alpha value is -2.21. The van der Waals surface area contributed by atoms with Gasteiger partial charge in [-0.25, -0.2) is 4.98 Å². The Morgan fingerprint density at radius 2 is 2.28 bits per heavy atom. The Balaban J connectivity index is 2.10. The zero-order valence-electron chi connectivity index (χ0n) is 9.67. The molecule has 0 radical (unpaired) electrons. The monoisotopic (exact) mass is 247 g/mol. The molecule has 0 atom stereocenters. The maximum Gasteiger partial charge on any atom is 0.304 e. The van der Waals surface area contributed by atoms with Crippen LogP contribution in [0.3, 0.4) is 0 Å². The molecule has 0 saturated carbocycles. The number of aliphatic carboxylic acids is 1. The maximum absolute atomic E-state index is 11.7. The van der Waals surface area contributed by atoms with Crippen molar-refractivity contribution in [2.75, 3.05) is 6.54 Å². The van der Waals surface area contributed by atoms with Crippen LogP contribution >= 0.6 is 0 Å². The highest BCUT2D eigenvalue weighted by Crippen LogP contribution is 1.98. The standard InChI is InChI=1S/C12H13N3O3/c16-11-7-9(8-13-5-4-12(17)18)14-10-3-1-2-6-15(10)11/h1-3,6-7,13H,4-5,8H2,(H,17,18). The number of carboxylic acid groups (broad SMARTS) is 1. The van der Waals surface area contributed by atoms with E-state index in [0.29, 0.717) is 24.4 Å². The van der Waals surface area contributed by atoms with Crippen LogP contribution in [0.4, 0.5) is 0 Å². The molecule has 0 fully saturated rings. The van der Waals surface area contributed by atoms with Crippen LogP contribution in [0.5, 0.6) is 0 Å². The SMILES string of the molecule is O=C(O)CCNCc1cc(=O)n2ccccc2n1. The highest BCUT2D eigenvalue weighted by atomic mass is 16.4. The fourth-order valence-electron chi connectivity index (χ4n) is 1.61. The van der Waals surface area contributed by atoms with Crippen LogP contribution in [0, 0.1) is 0 Å². The molecular formula is C12H13N3O3. The number of carbonyl (C=O) groups is 1. The van der Waals surface area contributed by atoms with Crippen LogP contribution in [0.25, 0.3) is 5.65 Å². The Labute approximate surface area is 103 Å². The fourth-order valence-corrected chi connectivity index (χ4v) is 1.61. The molecule has 0 bridgehead atoms. The first kappa shape index (κ1) is 12.3. The van der Waals surface area contributed by atoms with E-state index < -0.39 is 5.97 Å². The lowest BCUT2D eigenvalue weighted by atomic mass is 10.3. The van der Waals surface area contributed by atoms with Crippen molar-refractivity contribution in [2.24, 2.45) is 0 Å². The largest absolute Gasteiger partial charge is 0.481 e. The van der Waals surface area contributed by atoms with Gasteiger partial charge in [-0.05, 0) is 12.1 Å². The fraction of sp³-hybridized carbons (Fsp3) is 0.250. The van der Waals surface area contributed by atoms with E-state index in [1.807, 2.05) is 6.07 Å². The van der Waals surface area contributed by atoms with Gasteiger partial charge < -0.3 is 10.4 Å². The van der Waals surface area contributed by atoms with Gasteiger partial charge in [-0.2, -0.15) is 0 Å². The second-order valence-electron chi connectivity index (χ2n) is 3.84. The van der Waals surface area contributed by atoms with Crippen LogP contribution in [0.2, 0.25) is 0 Å². The normalized spacial score (nSPS) is 10.7. The number of nitrogens with zero attached hydrogens (tertiary/aromatic N) is 2. The molecule has 0 saturated heterocycles. The summed E-state index contributed by atoms with van der Waals surface area (Å²) in [7, 11) is 0. The van der Waals surface area contributed by atoms with Crippen molar-refractivity contribution in [1.29, 1.82) is 0 Å². The van der Waals surface area contributed by atoms with Gasteiger partial charge in [0.15, 0.2) is 0 Å². The number of carboxylic acids is 1.